The number of aromatic nitrogens is 4. The van der Waals surface area contributed by atoms with E-state index < -0.39 is 0 Å². The highest BCUT2D eigenvalue weighted by Gasteiger charge is 2.20. The van der Waals surface area contributed by atoms with Crippen LogP contribution in [0.25, 0.3) is 16.8 Å². The third kappa shape index (κ3) is 2.67. The largest absolute Gasteiger partial charge is 0.489 e. The number of fused-ring (bicyclic) bond motifs is 4. The average molecular weight is 375 g/mol. The Kier molecular flexibility index (Phi) is 3.93. The zero-order chi connectivity index (χ0) is 19.1. The normalized spacial score (nSPS) is 13.5. The monoisotopic (exact) mass is 375 g/mol. The third-order valence-electron chi connectivity index (χ3n) is 5.11. The van der Waals surface area contributed by atoms with Crippen molar-refractivity contribution in [1.82, 2.24) is 19.6 Å². The fraction of sp³-hybridized carbons (Fsp3) is 0.190. The molecular formula is C21H18FN5O. The summed E-state index contributed by atoms with van der Waals surface area (Å²) in [5, 5.41) is 11.7. The highest BCUT2D eigenvalue weighted by molar-refractivity contribution is 5.82. The molecule has 4 aromatic rings. The lowest BCUT2D eigenvalue weighted by Crippen LogP contribution is -2.08. The van der Waals surface area contributed by atoms with E-state index in [0.29, 0.717) is 42.4 Å². The maximum atomic E-state index is 14.4. The summed E-state index contributed by atoms with van der Waals surface area (Å²) in [4.78, 5) is 4.39. The van der Waals surface area contributed by atoms with Crippen LogP contribution in [0.2, 0.25) is 0 Å². The Morgan fingerprint density at radius 1 is 1.18 bits per heavy atom. The van der Waals surface area contributed by atoms with Crippen LogP contribution in [-0.4, -0.2) is 26.2 Å². The van der Waals surface area contributed by atoms with E-state index in [-0.39, 0.29) is 5.82 Å². The molecule has 0 saturated heterocycles. The zero-order valence-corrected chi connectivity index (χ0v) is 15.3. The number of pyridine rings is 2. The average Bonchev–Trinajstić information content (AvgIpc) is 3.20. The number of nitrogens with zero attached hydrogens (tertiary/aromatic N) is 4. The molecule has 6 nitrogen and oxygen atoms in total. The summed E-state index contributed by atoms with van der Waals surface area (Å²) in [7, 11) is 0. The van der Waals surface area contributed by atoms with Gasteiger partial charge in [-0.15, -0.1) is 10.2 Å². The van der Waals surface area contributed by atoms with Crippen LogP contribution in [0.4, 0.5) is 10.2 Å². The van der Waals surface area contributed by atoms with Crippen molar-refractivity contribution in [3.05, 3.63) is 71.6 Å². The zero-order valence-electron chi connectivity index (χ0n) is 15.3. The molecule has 140 valence electrons. The van der Waals surface area contributed by atoms with Crippen LogP contribution in [0.1, 0.15) is 16.8 Å². The van der Waals surface area contributed by atoms with E-state index in [1.807, 2.05) is 35.6 Å². The lowest BCUT2D eigenvalue weighted by Gasteiger charge is -2.16. The van der Waals surface area contributed by atoms with Crippen LogP contribution in [0, 0.1) is 12.7 Å². The van der Waals surface area contributed by atoms with Gasteiger partial charge in [-0.3, -0.25) is 9.38 Å². The van der Waals surface area contributed by atoms with Gasteiger partial charge in [0.1, 0.15) is 12.1 Å². The Morgan fingerprint density at radius 3 is 3.00 bits per heavy atom. The molecule has 1 aliphatic rings. The first-order valence-electron chi connectivity index (χ1n) is 9.14. The number of anilines is 1. The fourth-order valence-corrected chi connectivity index (χ4v) is 3.69. The third-order valence-corrected chi connectivity index (χ3v) is 5.11. The smallest absolute Gasteiger partial charge is 0.170 e. The Morgan fingerprint density at radius 2 is 2.11 bits per heavy atom. The molecule has 0 fully saturated rings. The minimum atomic E-state index is -0.212. The van der Waals surface area contributed by atoms with Gasteiger partial charge in [-0.1, -0.05) is 18.2 Å². The molecule has 5 rings (SSSR count). The molecule has 1 N–H and O–H groups in total. The van der Waals surface area contributed by atoms with E-state index in [1.54, 1.807) is 18.6 Å². The summed E-state index contributed by atoms with van der Waals surface area (Å²) in [6.07, 6.45) is 4.04. The molecule has 0 amide bonds. The van der Waals surface area contributed by atoms with Gasteiger partial charge >= 0.3 is 0 Å². The van der Waals surface area contributed by atoms with Crippen LogP contribution in [0.5, 0.6) is 5.75 Å². The molecule has 0 atom stereocenters. The summed E-state index contributed by atoms with van der Waals surface area (Å²) < 4.78 is 22.3. The standard InChI is InChI=1S/C21H18FN5O/c1-13-15(5-3-8-23-13)16-10-19-21(27-12-25-26-20(16)27)24-11-17-14(7-9-28-19)4-2-6-18(17)22/h2-6,8,10,12,24H,7,9,11H2,1H3. The predicted molar refractivity (Wildman–Crippen MR) is 104 cm³/mol. The second-order valence-electron chi connectivity index (χ2n) is 6.76. The maximum absolute atomic E-state index is 14.4. The van der Waals surface area contributed by atoms with Crippen LogP contribution in [0.15, 0.2) is 48.9 Å². The molecule has 0 bridgehead atoms. The van der Waals surface area contributed by atoms with Gasteiger partial charge in [-0.05, 0) is 30.7 Å². The molecule has 0 unspecified atom stereocenters. The number of halogens is 1. The van der Waals surface area contributed by atoms with Crippen molar-refractivity contribution >= 4 is 11.5 Å². The van der Waals surface area contributed by atoms with Gasteiger partial charge in [0.25, 0.3) is 0 Å². The van der Waals surface area contributed by atoms with Gasteiger partial charge in [-0.2, -0.15) is 0 Å². The molecule has 0 spiro atoms. The lowest BCUT2D eigenvalue weighted by atomic mass is 10.0. The molecule has 1 aliphatic heterocycles. The van der Waals surface area contributed by atoms with Crippen molar-refractivity contribution < 1.29 is 9.13 Å². The van der Waals surface area contributed by atoms with E-state index in [4.69, 9.17) is 4.74 Å². The fourth-order valence-electron chi connectivity index (χ4n) is 3.69. The van der Waals surface area contributed by atoms with Crippen LogP contribution in [0.3, 0.4) is 0 Å². The van der Waals surface area contributed by atoms with Crippen molar-refractivity contribution in [2.24, 2.45) is 0 Å². The summed E-state index contributed by atoms with van der Waals surface area (Å²) in [5.74, 6) is 1.18. The first-order chi connectivity index (χ1) is 13.7. The highest BCUT2D eigenvalue weighted by Crippen LogP contribution is 2.36. The predicted octanol–water partition coefficient (Wildman–Crippen LogP) is 3.79. The van der Waals surface area contributed by atoms with E-state index in [0.717, 1.165) is 22.4 Å². The number of benzene rings is 1. The number of hydrogen-bond donors (Lipinski definition) is 1. The van der Waals surface area contributed by atoms with Gasteiger partial charge in [0, 0.05) is 41.5 Å². The van der Waals surface area contributed by atoms with Crippen molar-refractivity contribution in [2.45, 2.75) is 19.9 Å². The summed E-state index contributed by atoms with van der Waals surface area (Å²) in [6.45, 7) is 2.77. The molecule has 3 aromatic heterocycles. The minimum Gasteiger partial charge on any atom is -0.489 e. The van der Waals surface area contributed by atoms with Crippen LogP contribution in [-0.2, 0) is 13.0 Å². The van der Waals surface area contributed by atoms with E-state index in [2.05, 4.69) is 20.5 Å². The Hall–Kier alpha value is -3.48. The van der Waals surface area contributed by atoms with Crippen molar-refractivity contribution in [2.75, 3.05) is 11.9 Å². The molecule has 4 heterocycles. The molecule has 7 heteroatoms. The van der Waals surface area contributed by atoms with Crippen molar-refractivity contribution in [3.63, 3.8) is 0 Å². The molecule has 0 saturated carbocycles. The Labute approximate surface area is 161 Å². The molecule has 28 heavy (non-hydrogen) atoms. The lowest BCUT2D eigenvalue weighted by molar-refractivity contribution is 0.322. The topological polar surface area (TPSA) is 64.3 Å². The van der Waals surface area contributed by atoms with Crippen molar-refractivity contribution in [1.29, 1.82) is 0 Å². The van der Waals surface area contributed by atoms with E-state index >= 15 is 0 Å². The Balaban J connectivity index is 1.67. The van der Waals surface area contributed by atoms with Gasteiger partial charge < -0.3 is 10.1 Å². The molecule has 0 radical (unpaired) electrons. The number of hydrogen-bond acceptors (Lipinski definition) is 5. The summed E-state index contributed by atoms with van der Waals surface area (Å²) in [5.41, 5.74) is 5.07. The first kappa shape index (κ1) is 16.7. The summed E-state index contributed by atoms with van der Waals surface area (Å²) >= 11 is 0. The van der Waals surface area contributed by atoms with Gasteiger partial charge in [0.2, 0.25) is 0 Å². The van der Waals surface area contributed by atoms with Crippen molar-refractivity contribution in [3.8, 4) is 16.9 Å². The molecule has 1 aromatic carbocycles. The van der Waals surface area contributed by atoms with Crippen LogP contribution >= 0.6 is 0 Å². The second-order valence-corrected chi connectivity index (χ2v) is 6.76. The minimum absolute atomic E-state index is 0.212. The maximum Gasteiger partial charge on any atom is 0.170 e. The number of rotatable bonds is 1. The number of ether oxygens (including phenoxy) is 1. The number of nitrogens with one attached hydrogen (secondary N) is 1. The van der Waals surface area contributed by atoms with Crippen LogP contribution < -0.4 is 10.1 Å². The van der Waals surface area contributed by atoms with Gasteiger partial charge in [0.05, 0.1) is 6.61 Å². The molecule has 0 aliphatic carbocycles. The highest BCUT2D eigenvalue weighted by atomic mass is 19.1. The first-order valence-corrected chi connectivity index (χ1v) is 9.14. The molecular weight excluding hydrogens is 357 g/mol. The Bertz CT molecular complexity index is 1190. The SMILES string of the molecule is Cc1ncccc1-c1cc2c(n3cnnc13)NCc1c(F)cccc1CCO2. The van der Waals surface area contributed by atoms with E-state index in [9.17, 15) is 4.39 Å². The quantitative estimate of drug-likeness (QED) is 0.548. The second kappa shape index (κ2) is 6.60. The van der Waals surface area contributed by atoms with Gasteiger partial charge in [-0.25, -0.2) is 4.39 Å². The van der Waals surface area contributed by atoms with Gasteiger partial charge in [0.15, 0.2) is 17.2 Å². The van der Waals surface area contributed by atoms with E-state index in [1.165, 1.54) is 6.07 Å². The number of aryl methyl sites for hydroxylation is 1. The summed E-state index contributed by atoms with van der Waals surface area (Å²) in [6, 6.07) is 11.0.